The Labute approximate surface area is 104 Å². The van der Waals surface area contributed by atoms with Gasteiger partial charge in [-0.15, -0.1) is 0 Å². The van der Waals surface area contributed by atoms with Gasteiger partial charge in [-0.1, -0.05) is 44.0 Å². The summed E-state index contributed by atoms with van der Waals surface area (Å²) in [7, 11) is 0. The number of rotatable bonds is 3. The maximum absolute atomic E-state index is 11.3. The molecule has 0 heterocycles. The second-order valence-electron chi connectivity index (χ2n) is 5.53. The Kier molecular flexibility index (Phi) is 3.98. The van der Waals surface area contributed by atoms with Gasteiger partial charge in [0.1, 0.15) is 5.78 Å². The van der Waals surface area contributed by atoms with Crippen LogP contribution in [0.2, 0.25) is 0 Å². The summed E-state index contributed by atoms with van der Waals surface area (Å²) in [5.74, 6) is 1.83. The van der Waals surface area contributed by atoms with Gasteiger partial charge in [0.25, 0.3) is 0 Å². The number of Topliss-reactive ketones (excluding diaryl/α,β-unsaturated/α-hetero) is 1. The fraction of sp³-hybridized carbons (Fsp3) is 0.562. The highest BCUT2D eigenvalue weighted by atomic mass is 16.1. The van der Waals surface area contributed by atoms with E-state index in [1.165, 1.54) is 36.8 Å². The van der Waals surface area contributed by atoms with Crippen LogP contribution in [0, 0.1) is 5.92 Å². The first-order valence-corrected chi connectivity index (χ1v) is 6.74. The Morgan fingerprint density at radius 2 is 1.82 bits per heavy atom. The number of hydrogen-bond acceptors (Lipinski definition) is 1. The van der Waals surface area contributed by atoms with Crippen LogP contribution in [0.4, 0.5) is 0 Å². The average Bonchev–Trinajstić information content (AvgIpc) is 2.30. The first kappa shape index (κ1) is 12.3. The fourth-order valence-electron chi connectivity index (χ4n) is 2.93. The van der Waals surface area contributed by atoms with Gasteiger partial charge >= 0.3 is 0 Å². The molecule has 0 atom stereocenters. The smallest absolute Gasteiger partial charge is 0.134 e. The molecule has 1 saturated carbocycles. The lowest BCUT2D eigenvalue weighted by molar-refractivity contribution is -0.116. The molecule has 0 amide bonds. The van der Waals surface area contributed by atoms with Crippen LogP contribution < -0.4 is 0 Å². The molecule has 0 radical (unpaired) electrons. The summed E-state index contributed by atoms with van der Waals surface area (Å²) in [5.41, 5.74) is 2.68. The Morgan fingerprint density at radius 1 is 1.18 bits per heavy atom. The van der Waals surface area contributed by atoms with Crippen molar-refractivity contribution in [2.24, 2.45) is 5.92 Å². The molecule has 1 aromatic carbocycles. The summed E-state index contributed by atoms with van der Waals surface area (Å²) in [6, 6.07) is 8.50. The third-order valence-electron chi connectivity index (χ3n) is 3.95. The van der Waals surface area contributed by atoms with Crippen LogP contribution in [0.5, 0.6) is 0 Å². The molecule has 17 heavy (non-hydrogen) atoms. The molecule has 1 aliphatic carbocycles. The van der Waals surface area contributed by atoms with E-state index in [0.29, 0.717) is 12.3 Å². The van der Waals surface area contributed by atoms with Gasteiger partial charge in [0.15, 0.2) is 0 Å². The van der Waals surface area contributed by atoms with E-state index in [1.54, 1.807) is 6.92 Å². The zero-order valence-electron chi connectivity index (χ0n) is 10.9. The van der Waals surface area contributed by atoms with Crippen molar-refractivity contribution in [1.29, 1.82) is 0 Å². The van der Waals surface area contributed by atoms with E-state index in [9.17, 15) is 4.79 Å². The molecule has 0 N–H and O–H groups in total. The largest absolute Gasteiger partial charge is 0.300 e. The highest BCUT2D eigenvalue weighted by Crippen LogP contribution is 2.36. The van der Waals surface area contributed by atoms with E-state index < -0.39 is 0 Å². The highest BCUT2D eigenvalue weighted by molar-refractivity contribution is 5.78. The highest BCUT2D eigenvalue weighted by Gasteiger charge is 2.21. The van der Waals surface area contributed by atoms with Crippen molar-refractivity contribution < 1.29 is 4.79 Å². The predicted molar refractivity (Wildman–Crippen MR) is 71.2 cm³/mol. The van der Waals surface area contributed by atoms with Crippen LogP contribution in [0.15, 0.2) is 24.3 Å². The second-order valence-corrected chi connectivity index (χ2v) is 5.53. The Balaban J connectivity index is 2.16. The quantitative estimate of drug-likeness (QED) is 0.763. The summed E-state index contributed by atoms with van der Waals surface area (Å²) in [4.78, 5) is 11.3. The molecule has 1 nitrogen and oxygen atoms in total. The second kappa shape index (κ2) is 5.48. The lowest BCUT2D eigenvalue weighted by Crippen LogP contribution is -2.13. The molecule has 1 heteroatoms. The number of ketones is 1. The summed E-state index contributed by atoms with van der Waals surface area (Å²) in [5, 5.41) is 0. The zero-order valence-corrected chi connectivity index (χ0v) is 10.9. The molecular weight excluding hydrogens is 208 g/mol. The molecule has 0 spiro atoms. The molecule has 1 fully saturated rings. The summed E-state index contributed by atoms with van der Waals surface area (Å²) in [6.45, 7) is 4.03. The van der Waals surface area contributed by atoms with E-state index in [4.69, 9.17) is 0 Å². The minimum atomic E-state index is 0.265. The molecule has 0 bridgehead atoms. The van der Waals surface area contributed by atoms with Gasteiger partial charge in [0.2, 0.25) is 0 Å². The summed E-state index contributed by atoms with van der Waals surface area (Å²) >= 11 is 0. The van der Waals surface area contributed by atoms with Gasteiger partial charge in [0.05, 0.1) is 0 Å². The molecule has 1 aromatic rings. The van der Waals surface area contributed by atoms with Crippen LogP contribution in [-0.4, -0.2) is 5.78 Å². The van der Waals surface area contributed by atoms with Gasteiger partial charge in [-0.05, 0) is 42.7 Å². The normalized spacial score (nSPS) is 24.6. The van der Waals surface area contributed by atoms with E-state index in [-0.39, 0.29) is 5.78 Å². The first-order chi connectivity index (χ1) is 8.16. The van der Waals surface area contributed by atoms with E-state index in [1.807, 2.05) is 6.07 Å². The van der Waals surface area contributed by atoms with Crippen LogP contribution in [0.3, 0.4) is 0 Å². The van der Waals surface area contributed by atoms with E-state index >= 15 is 0 Å². The number of benzene rings is 1. The lowest BCUT2D eigenvalue weighted by Gasteiger charge is -2.28. The first-order valence-electron chi connectivity index (χ1n) is 6.74. The van der Waals surface area contributed by atoms with E-state index in [2.05, 4.69) is 25.1 Å². The Morgan fingerprint density at radius 3 is 2.47 bits per heavy atom. The molecule has 0 aliphatic heterocycles. The van der Waals surface area contributed by atoms with Gasteiger partial charge in [-0.25, -0.2) is 0 Å². The predicted octanol–water partition coefficient (Wildman–Crippen LogP) is 4.11. The molecule has 0 aromatic heterocycles. The molecule has 92 valence electrons. The van der Waals surface area contributed by atoms with Gasteiger partial charge < -0.3 is 0 Å². The van der Waals surface area contributed by atoms with Crippen LogP contribution >= 0.6 is 0 Å². The molecular formula is C16H22O. The standard InChI is InChI=1S/C16H22O/c1-12-7-9-14(10-8-12)16-6-4-3-5-15(16)11-13(2)17/h3-6,12,14H,7-11H2,1-2H3. The van der Waals surface area contributed by atoms with Crippen molar-refractivity contribution >= 4 is 5.78 Å². The van der Waals surface area contributed by atoms with Crippen molar-refractivity contribution in [1.82, 2.24) is 0 Å². The van der Waals surface area contributed by atoms with Crippen molar-refractivity contribution in [2.45, 2.75) is 51.9 Å². The van der Waals surface area contributed by atoms with Crippen molar-refractivity contribution in [3.05, 3.63) is 35.4 Å². The number of hydrogen-bond donors (Lipinski definition) is 0. The van der Waals surface area contributed by atoms with Crippen molar-refractivity contribution in [3.8, 4) is 0 Å². The fourth-order valence-corrected chi connectivity index (χ4v) is 2.93. The van der Waals surface area contributed by atoms with Crippen molar-refractivity contribution in [2.75, 3.05) is 0 Å². The number of carbonyl (C=O) groups is 1. The number of carbonyl (C=O) groups excluding carboxylic acids is 1. The Bertz CT molecular complexity index is 386. The monoisotopic (exact) mass is 230 g/mol. The van der Waals surface area contributed by atoms with Gasteiger partial charge in [0, 0.05) is 6.42 Å². The van der Waals surface area contributed by atoms with Gasteiger partial charge in [-0.3, -0.25) is 4.79 Å². The maximum atomic E-state index is 11.3. The van der Waals surface area contributed by atoms with Crippen molar-refractivity contribution in [3.63, 3.8) is 0 Å². The molecule has 0 saturated heterocycles. The minimum absolute atomic E-state index is 0.265. The summed E-state index contributed by atoms with van der Waals surface area (Å²) < 4.78 is 0. The topological polar surface area (TPSA) is 17.1 Å². The Hall–Kier alpha value is -1.11. The van der Waals surface area contributed by atoms with Crippen LogP contribution in [0.1, 0.15) is 56.6 Å². The molecule has 1 aliphatic rings. The lowest BCUT2D eigenvalue weighted by atomic mass is 9.77. The minimum Gasteiger partial charge on any atom is -0.300 e. The van der Waals surface area contributed by atoms with E-state index in [0.717, 1.165) is 5.92 Å². The van der Waals surface area contributed by atoms with Gasteiger partial charge in [-0.2, -0.15) is 0 Å². The third-order valence-corrected chi connectivity index (χ3v) is 3.95. The SMILES string of the molecule is CC(=O)Cc1ccccc1C1CCC(C)CC1. The van der Waals surface area contributed by atoms with Crippen LogP contribution in [0.25, 0.3) is 0 Å². The zero-order chi connectivity index (χ0) is 12.3. The summed E-state index contributed by atoms with van der Waals surface area (Å²) in [6.07, 6.45) is 5.84. The molecule has 2 rings (SSSR count). The maximum Gasteiger partial charge on any atom is 0.134 e. The third kappa shape index (κ3) is 3.18. The average molecular weight is 230 g/mol. The molecule has 0 unspecified atom stereocenters. The van der Waals surface area contributed by atoms with Crippen LogP contribution in [-0.2, 0) is 11.2 Å².